The summed E-state index contributed by atoms with van der Waals surface area (Å²) in [6.07, 6.45) is 4.50. The Morgan fingerprint density at radius 1 is 1.33 bits per heavy atom. The summed E-state index contributed by atoms with van der Waals surface area (Å²) in [5.74, 6) is 1.03. The lowest BCUT2D eigenvalue weighted by atomic mass is 10.1. The third-order valence-electron chi connectivity index (χ3n) is 4.90. The fraction of sp³-hybridized carbons (Fsp3) is 0.350. The van der Waals surface area contributed by atoms with Gasteiger partial charge in [-0.25, -0.2) is 4.98 Å². The fourth-order valence-corrected chi connectivity index (χ4v) is 3.41. The van der Waals surface area contributed by atoms with Gasteiger partial charge in [-0.1, -0.05) is 29.8 Å². The number of carbonyl (C=O) groups excluding carboxylic acids is 2. The van der Waals surface area contributed by atoms with Crippen LogP contribution in [0.5, 0.6) is 0 Å². The molecule has 6 nitrogen and oxygen atoms in total. The molecule has 1 fully saturated rings. The molecule has 140 valence electrons. The lowest BCUT2D eigenvalue weighted by molar-refractivity contribution is -0.117. The molecule has 0 radical (unpaired) electrons. The smallest absolute Gasteiger partial charge is 0.252 e. The predicted octanol–water partition coefficient (Wildman–Crippen LogP) is 2.88. The van der Waals surface area contributed by atoms with Crippen LogP contribution >= 0.6 is 11.6 Å². The van der Waals surface area contributed by atoms with Gasteiger partial charge in [0.25, 0.3) is 5.91 Å². The topological polar surface area (TPSA) is 74.3 Å². The van der Waals surface area contributed by atoms with Crippen LogP contribution in [0.1, 0.15) is 28.8 Å². The Morgan fingerprint density at radius 3 is 2.93 bits per heavy atom. The highest BCUT2D eigenvalue weighted by molar-refractivity contribution is 6.31. The van der Waals surface area contributed by atoms with Gasteiger partial charge in [0.2, 0.25) is 5.91 Å². The standard InChI is InChI=1S/C20H21ClN4O2/c21-16-4-2-1-3-14(16)7-8-22-20(27)15-9-17-19(23-10-15)24-11-18(26)25(17)12-13-5-6-13/h1-4,9-10,13H,5-8,11-12H2,(H,22,27)(H,23,24). The molecule has 2 aliphatic rings. The highest BCUT2D eigenvalue weighted by Crippen LogP contribution is 2.35. The van der Waals surface area contributed by atoms with Gasteiger partial charge in [0.15, 0.2) is 0 Å². The maximum Gasteiger partial charge on any atom is 0.252 e. The van der Waals surface area contributed by atoms with Gasteiger partial charge >= 0.3 is 0 Å². The molecule has 0 spiro atoms. The van der Waals surface area contributed by atoms with E-state index in [1.54, 1.807) is 17.2 Å². The minimum atomic E-state index is -0.207. The van der Waals surface area contributed by atoms with Crippen molar-refractivity contribution in [2.45, 2.75) is 19.3 Å². The molecular formula is C20H21ClN4O2. The molecule has 1 aromatic carbocycles. The van der Waals surface area contributed by atoms with E-state index in [4.69, 9.17) is 11.6 Å². The third-order valence-corrected chi connectivity index (χ3v) is 5.27. The second-order valence-electron chi connectivity index (χ2n) is 6.99. The molecule has 0 unspecified atom stereocenters. The first kappa shape index (κ1) is 17.8. The highest BCUT2D eigenvalue weighted by atomic mass is 35.5. The second-order valence-corrected chi connectivity index (χ2v) is 7.40. The fourth-order valence-electron chi connectivity index (χ4n) is 3.18. The van der Waals surface area contributed by atoms with Crippen LogP contribution in [0.3, 0.4) is 0 Å². The SMILES string of the molecule is O=C(NCCc1ccccc1Cl)c1cnc2c(c1)N(CC1CC1)C(=O)CN2. The van der Waals surface area contributed by atoms with E-state index in [2.05, 4.69) is 15.6 Å². The van der Waals surface area contributed by atoms with Crippen molar-refractivity contribution in [1.82, 2.24) is 10.3 Å². The molecule has 7 heteroatoms. The van der Waals surface area contributed by atoms with Gasteiger partial charge in [-0.05, 0) is 42.9 Å². The Morgan fingerprint density at radius 2 is 2.15 bits per heavy atom. The minimum absolute atomic E-state index is 0.0208. The number of nitrogens with one attached hydrogen (secondary N) is 2. The summed E-state index contributed by atoms with van der Waals surface area (Å²) < 4.78 is 0. The number of anilines is 2. The summed E-state index contributed by atoms with van der Waals surface area (Å²) >= 11 is 6.15. The number of hydrogen-bond acceptors (Lipinski definition) is 4. The molecule has 4 rings (SSSR count). The summed E-state index contributed by atoms with van der Waals surface area (Å²) in [6, 6.07) is 9.34. The molecule has 2 aromatic rings. The molecule has 1 aliphatic heterocycles. The number of amides is 2. The van der Waals surface area contributed by atoms with Gasteiger partial charge in [0, 0.05) is 24.3 Å². The van der Waals surface area contributed by atoms with E-state index in [9.17, 15) is 9.59 Å². The van der Waals surface area contributed by atoms with Crippen LogP contribution in [0.15, 0.2) is 36.5 Å². The van der Waals surface area contributed by atoms with Crippen LogP contribution in [0.2, 0.25) is 5.02 Å². The van der Waals surface area contributed by atoms with E-state index >= 15 is 0 Å². The van der Waals surface area contributed by atoms with Crippen LogP contribution < -0.4 is 15.5 Å². The monoisotopic (exact) mass is 384 g/mol. The minimum Gasteiger partial charge on any atom is -0.359 e. The van der Waals surface area contributed by atoms with E-state index in [-0.39, 0.29) is 18.4 Å². The Balaban J connectivity index is 1.44. The molecule has 0 atom stereocenters. The third kappa shape index (κ3) is 4.06. The molecule has 1 aromatic heterocycles. The van der Waals surface area contributed by atoms with Crippen molar-refractivity contribution >= 4 is 34.9 Å². The van der Waals surface area contributed by atoms with Gasteiger partial charge < -0.3 is 15.5 Å². The van der Waals surface area contributed by atoms with Crippen LogP contribution in [0.25, 0.3) is 0 Å². The average molecular weight is 385 g/mol. The Bertz CT molecular complexity index is 882. The zero-order valence-corrected chi connectivity index (χ0v) is 15.6. The number of hydrogen-bond donors (Lipinski definition) is 2. The molecule has 0 saturated heterocycles. The van der Waals surface area contributed by atoms with Crippen LogP contribution in [0.4, 0.5) is 11.5 Å². The van der Waals surface area contributed by atoms with E-state index in [0.717, 1.165) is 18.4 Å². The van der Waals surface area contributed by atoms with Gasteiger partial charge in [-0.15, -0.1) is 0 Å². The molecule has 2 amide bonds. The molecular weight excluding hydrogens is 364 g/mol. The van der Waals surface area contributed by atoms with Gasteiger partial charge in [0.05, 0.1) is 17.8 Å². The van der Waals surface area contributed by atoms with E-state index in [0.29, 0.717) is 47.5 Å². The second kappa shape index (κ2) is 7.56. The Kier molecular flexibility index (Phi) is 4.99. The zero-order chi connectivity index (χ0) is 18.8. The molecule has 1 aliphatic carbocycles. The van der Waals surface area contributed by atoms with E-state index in [1.165, 1.54) is 0 Å². The maximum atomic E-state index is 12.5. The normalized spacial score (nSPS) is 15.9. The van der Waals surface area contributed by atoms with Crippen molar-refractivity contribution in [1.29, 1.82) is 0 Å². The quantitative estimate of drug-likeness (QED) is 0.803. The number of nitrogens with zero attached hydrogens (tertiary/aromatic N) is 2. The number of aromatic nitrogens is 1. The number of carbonyl (C=O) groups is 2. The van der Waals surface area contributed by atoms with Crippen molar-refractivity contribution in [2.75, 3.05) is 29.9 Å². The van der Waals surface area contributed by atoms with Crippen molar-refractivity contribution in [3.05, 3.63) is 52.7 Å². The zero-order valence-electron chi connectivity index (χ0n) is 14.9. The first-order chi connectivity index (χ1) is 13.1. The van der Waals surface area contributed by atoms with Gasteiger partial charge in [0.1, 0.15) is 5.82 Å². The Hall–Kier alpha value is -2.60. The van der Waals surface area contributed by atoms with Crippen LogP contribution in [0, 0.1) is 5.92 Å². The van der Waals surface area contributed by atoms with Crippen molar-refractivity contribution in [3.63, 3.8) is 0 Å². The summed E-state index contributed by atoms with van der Waals surface area (Å²) in [5, 5.41) is 6.62. The number of rotatable bonds is 6. The van der Waals surface area contributed by atoms with Gasteiger partial charge in [-0.3, -0.25) is 9.59 Å². The van der Waals surface area contributed by atoms with Gasteiger partial charge in [-0.2, -0.15) is 0 Å². The molecule has 2 N–H and O–H groups in total. The molecule has 1 saturated carbocycles. The average Bonchev–Trinajstić information content (AvgIpc) is 3.49. The number of fused-ring (bicyclic) bond motifs is 1. The molecule has 2 heterocycles. The van der Waals surface area contributed by atoms with Crippen molar-refractivity contribution in [3.8, 4) is 0 Å². The number of benzene rings is 1. The highest BCUT2D eigenvalue weighted by Gasteiger charge is 2.32. The number of pyridine rings is 1. The van der Waals surface area contributed by atoms with Crippen LogP contribution in [-0.2, 0) is 11.2 Å². The van der Waals surface area contributed by atoms with Crippen molar-refractivity contribution in [2.24, 2.45) is 5.92 Å². The largest absolute Gasteiger partial charge is 0.359 e. The van der Waals surface area contributed by atoms with Crippen molar-refractivity contribution < 1.29 is 9.59 Å². The molecule has 27 heavy (non-hydrogen) atoms. The predicted molar refractivity (Wildman–Crippen MR) is 105 cm³/mol. The summed E-state index contributed by atoms with van der Waals surface area (Å²) in [7, 11) is 0. The van der Waals surface area contributed by atoms with E-state index in [1.807, 2.05) is 24.3 Å². The first-order valence-corrected chi connectivity index (χ1v) is 9.55. The maximum absolute atomic E-state index is 12.5. The summed E-state index contributed by atoms with van der Waals surface area (Å²) in [5.41, 5.74) is 2.13. The Labute approximate surface area is 162 Å². The number of halogens is 1. The summed E-state index contributed by atoms with van der Waals surface area (Å²) in [6.45, 7) is 1.42. The van der Waals surface area contributed by atoms with Crippen LogP contribution in [-0.4, -0.2) is 36.4 Å². The summed E-state index contributed by atoms with van der Waals surface area (Å²) in [4.78, 5) is 30.9. The lowest BCUT2D eigenvalue weighted by Crippen LogP contribution is -2.41. The van der Waals surface area contributed by atoms with E-state index < -0.39 is 0 Å². The lowest BCUT2D eigenvalue weighted by Gasteiger charge is -2.29. The first-order valence-electron chi connectivity index (χ1n) is 9.17. The molecule has 0 bridgehead atoms.